The van der Waals surface area contributed by atoms with E-state index in [0.717, 1.165) is 3.57 Å². The molecule has 0 saturated carbocycles. The molecule has 1 aromatic heterocycles. The zero-order chi connectivity index (χ0) is 6.69. The fourth-order valence-electron chi connectivity index (χ4n) is 0.408. The van der Waals surface area contributed by atoms with E-state index >= 15 is 0 Å². The Bertz CT molecular complexity index is 187. The van der Waals surface area contributed by atoms with Crippen molar-refractivity contribution in [3.05, 3.63) is 21.8 Å². The van der Waals surface area contributed by atoms with Crippen molar-refractivity contribution in [2.24, 2.45) is 0 Å². The van der Waals surface area contributed by atoms with Crippen LogP contribution in [-0.4, -0.2) is 9.97 Å². The van der Waals surface area contributed by atoms with Crippen LogP contribution in [0.25, 0.3) is 0 Å². The molecular formula is C5H4ClIN2. The van der Waals surface area contributed by atoms with Gasteiger partial charge < -0.3 is 0 Å². The second kappa shape index (κ2) is 3.31. The first kappa shape index (κ1) is 7.21. The number of aromatic nitrogens is 2. The molecule has 4 heteroatoms. The van der Waals surface area contributed by atoms with Crippen LogP contribution in [0.3, 0.4) is 0 Å². The summed E-state index contributed by atoms with van der Waals surface area (Å²) in [6.07, 6.45) is 3.48. The predicted octanol–water partition coefficient (Wildman–Crippen LogP) is 1.82. The van der Waals surface area contributed by atoms with Gasteiger partial charge in [-0.05, 0) is 22.6 Å². The van der Waals surface area contributed by atoms with E-state index in [-0.39, 0.29) is 0 Å². The van der Waals surface area contributed by atoms with E-state index in [1.54, 1.807) is 12.4 Å². The van der Waals surface area contributed by atoms with Crippen LogP contribution in [0.5, 0.6) is 0 Å². The zero-order valence-electron chi connectivity index (χ0n) is 4.51. The minimum Gasteiger partial charge on any atom is -0.239 e. The Labute approximate surface area is 71.8 Å². The van der Waals surface area contributed by atoms with Crippen LogP contribution in [0.2, 0.25) is 0 Å². The second-order valence-corrected chi connectivity index (χ2v) is 2.96. The van der Waals surface area contributed by atoms with Crippen LogP contribution in [0, 0.1) is 3.57 Å². The summed E-state index contributed by atoms with van der Waals surface area (Å²) in [5.41, 5.74) is 0. The summed E-state index contributed by atoms with van der Waals surface area (Å²) in [4.78, 5) is 7.89. The predicted molar refractivity (Wildman–Crippen MR) is 44.3 cm³/mol. The van der Waals surface area contributed by atoms with Gasteiger partial charge in [0.1, 0.15) is 5.82 Å². The molecule has 0 aliphatic heterocycles. The molecule has 0 aliphatic carbocycles. The minimum absolute atomic E-state index is 0.386. The average Bonchev–Trinajstić information content (AvgIpc) is 1.90. The zero-order valence-corrected chi connectivity index (χ0v) is 7.43. The van der Waals surface area contributed by atoms with Crippen molar-refractivity contribution < 1.29 is 0 Å². The van der Waals surface area contributed by atoms with Gasteiger partial charge in [0, 0.05) is 16.0 Å². The molecule has 48 valence electrons. The minimum atomic E-state index is 0.386. The lowest BCUT2D eigenvalue weighted by Crippen LogP contribution is -1.89. The Morgan fingerprint density at radius 2 is 2.00 bits per heavy atom. The molecule has 1 rings (SSSR count). The molecule has 0 aromatic carbocycles. The molecule has 0 spiro atoms. The maximum Gasteiger partial charge on any atom is 0.143 e. The quantitative estimate of drug-likeness (QED) is 0.564. The van der Waals surface area contributed by atoms with Gasteiger partial charge in [0.15, 0.2) is 0 Å². The summed E-state index contributed by atoms with van der Waals surface area (Å²) in [7, 11) is 0. The Balaban J connectivity index is 2.88. The molecule has 0 aliphatic rings. The molecule has 0 bridgehead atoms. The lowest BCUT2D eigenvalue weighted by atomic mass is 10.6. The normalized spacial score (nSPS) is 9.56. The topological polar surface area (TPSA) is 25.8 Å². The molecule has 0 amide bonds. The van der Waals surface area contributed by atoms with E-state index < -0.39 is 0 Å². The Hall–Kier alpha value is 0.1000. The molecule has 0 unspecified atom stereocenters. The molecular weight excluding hydrogens is 250 g/mol. The Morgan fingerprint density at radius 3 is 2.44 bits per heavy atom. The van der Waals surface area contributed by atoms with Gasteiger partial charge in [0.25, 0.3) is 0 Å². The first-order chi connectivity index (χ1) is 4.33. The summed E-state index contributed by atoms with van der Waals surface area (Å²) < 4.78 is 1.03. The van der Waals surface area contributed by atoms with Crippen molar-refractivity contribution in [2.45, 2.75) is 5.88 Å². The van der Waals surface area contributed by atoms with Gasteiger partial charge in [-0.15, -0.1) is 11.6 Å². The monoisotopic (exact) mass is 254 g/mol. The largest absolute Gasteiger partial charge is 0.239 e. The lowest BCUT2D eigenvalue weighted by Gasteiger charge is -1.90. The molecule has 2 nitrogen and oxygen atoms in total. The maximum absolute atomic E-state index is 5.45. The van der Waals surface area contributed by atoms with Gasteiger partial charge in [-0.2, -0.15) is 0 Å². The third-order valence-corrected chi connectivity index (χ3v) is 1.59. The molecule has 0 saturated heterocycles. The van der Waals surface area contributed by atoms with Gasteiger partial charge >= 0.3 is 0 Å². The molecule has 1 aromatic rings. The highest BCUT2D eigenvalue weighted by Crippen LogP contribution is 2.00. The van der Waals surface area contributed by atoms with Gasteiger partial charge in [-0.1, -0.05) is 0 Å². The molecule has 0 fully saturated rings. The number of nitrogens with zero attached hydrogens (tertiary/aromatic N) is 2. The van der Waals surface area contributed by atoms with Gasteiger partial charge in [-0.3, -0.25) is 0 Å². The fraction of sp³-hybridized carbons (Fsp3) is 0.200. The Morgan fingerprint density at radius 1 is 1.44 bits per heavy atom. The van der Waals surface area contributed by atoms with Crippen molar-refractivity contribution in [2.75, 3.05) is 0 Å². The summed E-state index contributed by atoms with van der Waals surface area (Å²) >= 11 is 7.60. The van der Waals surface area contributed by atoms with Crippen molar-refractivity contribution >= 4 is 34.2 Å². The van der Waals surface area contributed by atoms with E-state index in [9.17, 15) is 0 Å². The van der Waals surface area contributed by atoms with Crippen LogP contribution in [-0.2, 0) is 5.88 Å². The standard InChI is InChI=1S/C5H4ClIN2/c6-1-5-8-2-4(7)3-9-5/h2-3H,1H2. The van der Waals surface area contributed by atoms with Crippen LogP contribution in [0.4, 0.5) is 0 Å². The van der Waals surface area contributed by atoms with Gasteiger partial charge in [0.2, 0.25) is 0 Å². The van der Waals surface area contributed by atoms with Crippen LogP contribution >= 0.6 is 34.2 Å². The average molecular weight is 254 g/mol. The highest BCUT2D eigenvalue weighted by Gasteiger charge is 1.90. The maximum atomic E-state index is 5.45. The van der Waals surface area contributed by atoms with E-state index in [1.807, 2.05) is 0 Å². The third kappa shape index (κ3) is 2.06. The van der Waals surface area contributed by atoms with Gasteiger partial charge in [-0.25, -0.2) is 9.97 Å². The molecule has 0 atom stereocenters. The fourth-order valence-corrected chi connectivity index (χ4v) is 0.825. The number of rotatable bonds is 1. The Kier molecular flexibility index (Phi) is 2.65. The first-order valence-corrected chi connectivity index (χ1v) is 3.96. The summed E-state index contributed by atoms with van der Waals surface area (Å²) in [6, 6.07) is 0. The number of alkyl halides is 1. The second-order valence-electron chi connectivity index (χ2n) is 1.45. The van der Waals surface area contributed by atoms with Gasteiger partial charge in [0.05, 0.1) is 5.88 Å². The van der Waals surface area contributed by atoms with Crippen molar-refractivity contribution in [1.29, 1.82) is 0 Å². The smallest absolute Gasteiger partial charge is 0.143 e. The summed E-state index contributed by atoms with van der Waals surface area (Å²) in [5.74, 6) is 1.06. The highest BCUT2D eigenvalue weighted by molar-refractivity contribution is 14.1. The first-order valence-electron chi connectivity index (χ1n) is 2.35. The van der Waals surface area contributed by atoms with Crippen molar-refractivity contribution in [3.8, 4) is 0 Å². The lowest BCUT2D eigenvalue weighted by molar-refractivity contribution is 1.02. The van der Waals surface area contributed by atoms with Crippen LogP contribution < -0.4 is 0 Å². The van der Waals surface area contributed by atoms with E-state index in [0.29, 0.717) is 11.7 Å². The number of hydrogen-bond donors (Lipinski definition) is 0. The molecule has 0 N–H and O–H groups in total. The number of halogens is 2. The van der Waals surface area contributed by atoms with E-state index in [1.165, 1.54) is 0 Å². The van der Waals surface area contributed by atoms with Crippen LogP contribution in [0.15, 0.2) is 12.4 Å². The molecule has 0 radical (unpaired) electrons. The summed E-state index contributed by atoms with van der Waals surface area (Å²) in [5, 5.41) is 0. The number of hydrogen-bond acceptors (Lipinski definition) is 2. The molecule has 1 heterocycles. The summed E-state index contributed by atoms with van der Waals surface area (Å²) in [6.45, 7) is 0. The SMILES string of the molecule is ClCc1ncc(I)cn1. The van der Waals surface area contributed by atoms with E-state index in [4.69, 9.17) is 11.6 Å². The van der Waals surface area contributed by atoms with Crippen molar-refractivity contribution in [3.63, 3.8) is 0 Å². The third-order valence-electron chi connectivity index (χ3n) is 0.793. The van der Waals surface area contributed by atoms with Crippen LogP contribution in [0.1, 0.15) is 5.82 Å². The van der Waals surface area contributed by atoms with Crippen molar-refractivity contribution in [1.82, 2.24) is 9.97 Å². The highest BCUT2D eigenvalue weighted by atomic mass is 127. The van der Waals surface area contributed by atoms with E-state index in [2.05, 4.69) is 32.6 Å². The molecule has 9 heavy (non-hydrogen) atoms.